The molecule has 150 valence electrons. The molecule has 0 fully saturated rings. The van der Waals surface area contributed by atoms with Crippen molar-refractivity contribution < 1.29 is 22.7 Å². The molecule has 0 aliphatic carbocycles. The first-order valence-electron chi connectivity index (χ1n) is 8.49. The van der Waals surface area contributed by atoms with E-state index in [4.69, 9.17) is 0 Å². The number of amides is 1. The van der Waals surface area contributed by atoms with Gasteiger partial charge in [0.2, 0.25) is 15.9 Å². The number of ether oxygens (including phenoxy) is 1. The van der Waals surface area contributed by atoms with Gasteiger partial charge in [-0.2, -0.15) is 0 Å². The molecular weight excluding hydrogens is 448 g/mol. The van der Waals surface area contributed by atoms with Gasteiger partial charge in [-0.25, -0.2) is 13.1 Å². The Morgan fingerprint density at radius 3 is 2.36 bits per heavy atom. The molecule has 28 heavy (non-hydrogen) atoms. The van der Waals surface area contributed by atoms with Crippen molar-refractivity contribution in [2.45, 2.75) is 23.8 Å². The molecule has 0 spiro atoms. The van der Waals surface area contributed by atoms with Crippen LogP contribution in [0.1, 0.15) is 24.4 Å². The van der Waals surface area contributed by atoms with Crippen molar-refractivity contribution in [2.75, 3.05) is 13.7 Å². The van der Waals surface area contributed by atoms with E-state index < -0.39 is 22.0 Å². The Morgan fingerprint density at radius 2 is 1.71 bits per heavy atom. The normalized spacial score (nSPS) is 12.2. The van der Waals surface area contributed by atoms with E-state index in [1.807, 2.05) is 6.07 Å². The zero-order valence-electron chi connectivity index (χ0n) is 15.2. The minimum Gasteiger partial charge on any atom is -0.469 e. The third-order valence-electron chi connectivity index (χ3n) is 3.91. The number of carbonyl (C=O) groups excluding carboxylic acids is 2. The maximum Gasteiger partial charge on any atom is 0.307 e. The molecule has 0 aliphatic rings. The van der Waals surface area contributed by atoms with E-state index in [9.17, 15) is 18.0 Å². The number of hydrogen-bond donors (Lipinski definition) is 2. The van der Waals surface area contributed by atoms with Crippen LogP contribution >= 0.6 is 15.9 Å². The van der Waals surface area contributed by atoms with Crippen molar-refractivity contribution in [3.05, 3.63) is 64.6 Å². The number of nitrogens with one attached hydrogen (secondary N) is 2. The fourth-order valence-electron chi connectivity index (χ4n) is 2.49. The Balaban J connectivity index is 1.96. The summed E-state index contributed by atoms with van der Waals surface area (Å²) < 4.78 is 32.2. The van der Waals surface area contributed by atoms with Gasteiger partial charge >= 0.3 is 5.97 Å². The largest absolute Gasteiger partial charge is 0.469 e. The van der Waals surface area contributed by atoms with Crippen molar-refractivity contribution in [3.63, 3.8) is 0 Å². The molecule has 2 aromatic carbocycles. The number of carbonyl (C=O) groups is 2. The lowest BCUT2D eigenvalue weighted by Gasteiger charge is -2.18. The van der Waals surface area contributed by atoms with Gasteiger partial charge < -0.3 is 10.1 Å². The first-order valence-corrected chi connectivity index (χ1v) is 10.8. The van der Waals surface area contributed by atoms with Crippen LogP contribution in [0.25, 0.3) is 0 Å². The first kappa shape index (κ1) is 22.1. The molecule has 2 rings (SSSR count). The van der Waals surface area contributed by atoms with Crippen LogP contribution in [0, 0.1) is 0 Å². The van der Waals surface area contributed by atoms with Crippen LogP contribution in [0.4, 0.5) is 0 Å². The van der Waals surface area contributed by atoms with Gasteiger partial charge in [0.15, 0.2) is 0 Å². The molecule has 2 N–H and O–H groups in total. The van der Waals surface area contributed by atoms with Crippen LogP contribution in [0.5, 0.6) is 0 Å². The minimum atomic E-state index is -3.74. The third kappa shape index (κ3) is 6.43. The van der Waals surface area contributed by atoms with Crippen molar-refractivity contribution in [3.8, 4) is 0 Å². The van der Waals surface area contributed by atoms with Crippen LogP contribution < -0.4 is 10.0 Å². The Kier molecular flexibility index (Phi) is 8.16. The third-order valence-corrected chi connectivity index (χ3v) is 6.38. The number of halogens is 1. The molecule has 1 unspecified atom stereocenters. The average Bonchev–Trinajstić information content (AvgIpc) is 2.68. The Labute approximate surface area is 172 Å². The summed E-state index contributed by atoms with van der Waals surface area (Å²) in [6.45, 7) is -0.0742. The van der Waals surface area contributed by atoms with Crippen LogP contribution in [0.15, 0.2) is 64.0 Å². The number of esters is 1. The first-order chi connectivity index (χ1) is 13.3. The van der Waals surface area contributed by atoms with Crippen LogP contribution in [0.3, 0.4) is 0 Å². The minimum absolute atomic E-state index is 0.0189. The summed E-state index contributed by atoms with van der Waals surface area (Å²) in [4.78, 5) is 24.0. The second-order valence-corrected chi connectivity index (χ2v) is 8.48. The van der Waals surface area contributed by atoms with E-state index in [2.05, 4.69) is 30.7 Å². The van der Waals surface area contributed by atoms with Crippen molar-refractivity contribution >= 4 is 37.8 Å². The maximum absolute atomic E-state index is 12.3. The summed E-state index contributed by atoms with van der Waals surface area (Å²) >= 11 is 3.20. The summed E-state index contributed by atoms with van der Waals surface area (Å²) in [5, 5.41) is 2.75. The Morgan fingerprint density at radius 1 is 1.07 bits per heavy atom. The quantitative estimate of drug-likeness (QED) is 0.550. The van der Waals surface area contributed by atoms with E-state index in [0.29, 0.717) is 4.47 Å². The predicted octanol–water partition coefficient (Wildman–Crippen LogP) is 2.54. The number of rotatable bonds is 9. The highest BCUT2D eigenvalue weighted by Gasteiger charge is 2.20. The summed E-state index contributed by atoms with van der Waals surface area (Å²) in [5.41, 5.74) is 0.759. The number of benzene rings is 2. The second kappa shape index (κ2) is 10.4. The summed E-state index contributed by atoms with van der Waals surface area (Å²) in [6, 6.07) is 14.9. The van der Waals surface area contributed by atoms with Crippen LogP contribution in [0.2, 0.25) is 0 Å². The lowest BCUT2D eigenvalue weighted by atomic mass is 10.0. The topological polar surface area (TPSA) is 102 Å². The average molecular weight is 469 g/mol. The highest BCUT2D eigenvalue weighted by atomic mass is 79.9. The van der Waals surface area contributed by atoms with Gasteiger partial charge in [-0.05, 0) is 33.6 Å². The zero-order chi connectivity index (χ0) is 20.6. The Hall–Kier alpha value is -2.23. The van der Waals surface area contributed by atoms with E-state index in [-0.39, 0.29) is 30.2 Å². The molecule has 0 bridgehead atoms. The van der Waals surface area contributed by atoms with Crippen molar-refractivity contribution in [1.29, 1.82) is 0 Å². The predicted molar refractivity (Wildman–Crippen MR) is 108 cm³/mol. The molecule has 0 saturated heterocycles. The molecule has 0 radical (unpaired) electrons. The van der Waals surface area contributed by atoms with Gasteiger partial charge in [0, 0.05) is 17.4 Å². The molecule has 7 nitrogen and oxygen atoms in total. The monoisotopic (exact) mass is 468 g/mol. The number of sulfonamides is 1. The maximum atomic E-state index is 12.3. The molecule has 0 aromatic heterocycles. The lowest BCUT2D eigenvalue weighted by molar-refractivity contribution is -0.141. The van der Waals surface area contributed by atoms with Crippen LogP contribution in [-0.2, 0) is 24.3 Å². The van der Waals surface area contributed by atoms with E-state index >= 15 is 0 Å². The SMILES string of the molecule is COC(=O)CC(NC(=O)CCNS(=O)(=O)c1ccccc1Br)c1ccccc1. The highest BCUT2D eigenvalue weighted by Crippen LogP contribution is 2.21. The molecule has 0 saturated carbocycles. The highest BCUT2D eigenvalue weighted by molar-refractivity contribution is 9.10. The van der Waals surface area contributed by atoms with E-state index in [1.165, 1.54) is 13.2 Å². The zero-order valence-corrected chi connectivity index (χ0v) is 17.6. The van der Waals surface area contributed by atoms with Gasteiger partial charge in [0.1, 0.15) is 0 Å². The number of hydrogen-bond acceptors (Lipinski definition) is 5. The summed E-state index contributed by atoms with van der Waals surface area (Å²) in [6.07, 6.45) is -0.0941. The van der Waals surface area contributed by atoms with Crippen LogP contribution in [-0.4, -0.2) is 33.9 Å². The Bertz CT molecular complexity index is 919. The van der Waals surface area contributed by atoms with Gasteiger partial charge in [0.05, 0.1) is 24.5 Å². The second-order valence-electron chi connectivity index (χ2n) is 5.89. The molecule has 0 aliphatic heterocycles. The van der Waals surface area contributed by atoms with Gasteiger partial charge in [-0.3, -0.25) is 9.59 Å². The molecule has 2 aromatic rings. The smallest absolute Gasteiger partial charge is 0.307 e. The molecule has 1 atom stereocenters. The summed E-state index contributed by atoms with van der Waals surface area (Å²) in [5.74, 6) is -0.837. The lowest BCUT2D eigenvalue weighted by Crippen LogP contribution is -2.34. The van der Waals surface area contributed by atoms with Crippen molar-refractivity contribution in [2.24, 2.45) is 0 Å². The van der Waals surface area contributed by atoms with Gasteiger partial charge in [-0.1, -0.05) is 42.5 Å². The van der Waals surface area contributed by atoms with Gasteiger partial charge in [0.25, 0.3) is 0 Å². The molecule has 9 heteroatoms. The molecular formula is C19H21BrN2O5S. The summed E-state index contributed by atoms with van der Waals surface area (Å²) in [7, 11) is -2.46. The van der Waals surface area contributed by atoms with Gasteiger partial charge in [-0.15, -0.1) is 0 Å². The standard InChI is InChI=1S/C19H21BrN2O5S/c1-27-19(24)13-16(14-7-3-2-4-8-14)22-18(23)11-12-21-28(25,26)17-10-6-5-9-15(17)20/h2-10,16,21H,11-13H2,1H3,(H,22,23). The van der Waals surface area contributed by atoms with E-state index in [1.54, 1.807) is 42.5 Å². The van der Waals surface area contributed by atoms with Crippen molar-refractivity contribution in [1.82, 2.24) is 10.0 Å². The fourth-order valence-corrected chi connectivity index (χ4v) is 4.53. The number of methoxy groups -OCH3 is 1. The molecule has 1 amide bonds. The molecule has 0 heterocycles. The van der Waals surface area contributed by atoms with E-state index in [0.717, 1.165) is 5.56 Å². The fraction of sp³-hybridized carbons (Fsp3) is 0.263.